The molecule has 1 aromatic rings. The summed E-state index contributed by atoms with van der Waals surface area (Å²) in [5.41, 5.74) is 1.24. The smallest absolute Gasteiger partial charge is 0.125 e. The molecule has 3 heterocycles. The molecule has 3 heteroatoms. The number of likely N-dealkylation sites (tertiary alicyclic amines) is 1. The second kappa shape index (κ2) is 5.78. The van der Waals surface area contributed by atoms with E-state index in [-0.39, 0.29) is 11.7 Å². The Morgan fingerprint density at radius 2 is 1.87 bits per heavy atom. The quantitative estimate of drug-likeness (QED) is 0.776. The summed E-state index contributed by atoms with van der Waals surface area (Å²) in [6, 6.07) is 9.15. The van der Waals surface area contributed by atoms with Crippen LogP contribution >= 0.6 is 0 Å². The lowest BCUT2D eigenvalue weighted by Crippen LogP contribution is -2.58. The maximum Gasteiger partial charge on any atom is 0.125 e. The molecule has 23 heavy (non-hydrogen) atoms. The third-order valence-electron chi connectivity index (χ3n) is 6.22. The molecule has 0 amide bonds. The third-order valence-corrected chi connectivity index (χ3v) is 6.22. The van der Waals surface area contributed by atoms with Crippen molar-refractivity contribution in [2.24, 2.45) is 5.92 Å². The molecule has 4 rings (SSSR count). The molecule has 1 spiro atoms. The van der Waals surface area contributed by atoms with Crippen molar-refractivity contribution in [2.75, 3.05) is 13.1 Å². The van der Waals surface area contributed by atoms with Crippen molar-refractivity contribution in [2.45, 2.75) is 70.3 Å². The number of nitrogens with zero attached hydrogens (tertiary/aromatic N) is 1. The van der Waals surface area contributed by atoms with Crippen molar-refractivity contribution in [3.05, 3.63) is 29.8 Å². The average molecular weight is 315 g/mol. The largest absolute Gasteiger partial charge is 0.486 e. The molecular weight excluding hydrogens is 286 g/mol. The molecular formula is C20H29NO2. The van der Waals surface area contributed by atoms with Gasteiger partial charge in [0.2, 0.25) is 0 Å². The maximum absolute atomic E-state index is 6.69. The van der Waals surface area contributed by atoms with Crippen LogP contribution in [0, 0.1) is 5.92 Å². The number of para-hydroxylation sites is 1. The Labute approximate surface area is 140 Å². The van der Waals surface area contributed by atoms with Gasteiger partial charge in [-0.05, 0) is 39.7 Å². The molecule has 0 aliphatic carbocycles. The highest BCUT2D eigenvalue weighted by Crippen LogP contribution is 2.53. The summed E-state index contributed by atoms with van der Waals surface area (Å²) in [7, 11) is 0. The normalized spacial score (nSPS) is 33.1. The van der Waals surface area contributed by atoms with E-state index in [1.807, 2.05) is 0 Å². The average Bonchev–Trinajstić information content (AvgIpc) is 2.55. The first-order valence-corrected chi connectivity index (χ1v) is 9.26. The van der Waals surface area contributed by atoms with Crippen molar-refractivity contribution >= 4 is 0 Å². The first kappa shape index (κ1) is 15.5. The minimum Gasteiger partial charge on any atom is -0.486 e. The number of fused-ring (bicyclic) bond motifs is 4. The molecule has 3 aliphatic rings. The van der Waals surface area contributed by atoms with Gasteiger partial charge in [0.25, 0.3) is 0 Å². The molecule has 0 saturated carbocycles. The molecule has 2 saturated heterocycles. The van der Waals surface area contributed by atoms with E-state index < -0.39 is 0 Å². The molecule has 0 radical (unpaired) electrons. The standard InChI is InChI=1S/C20H29NO2/c1-14(2)21-12-10-20(11-13-21)17-9-8-15(3)22-19(17)16-6-4-5-7-18(16)23-20/h4-7,14-15,17,19H,8-13H2,1-3H3/t15-,17+,19-/m0/s1. The van der Waals surface area contributed by atoms with Gasteiger partial charge in [0.1, 0.15) is 11.4 Å². The summed E-state index contributed by atoms with van der Waals surface area (Å²) >= 11 is 0. The third kappa shape index (κ3) is 2.58. The van der Waals surface area contributed by atoms with E-state index in [0.717, 1.165) is 38.1 Å². The van der Waals surface area contributed by atoms with E-state index >= 15 is 0 Å². The predicted octanol–water partition coefficient (Wildman–Crippen LogP) is 4.18. The van der Waals surface area contributed by atoms with Gasteiger partial charge < -0.3 is 14.4 Å². The summed E-state index contributed by atoms with van der Waals surface area (Å²) in [4.78, 5) is 2.58. The predicted molar refractivity (Wildman–Crippen MR) is 91.8 cm³/mol. The highest BCUT2D eigenvalue weighted by Gasteiger charge is 2.53. The summed E-state index contributed by atoms with van der Waals surface area (Å²) in [6.07, 6.45) is 5.20. The van der Waals surface area contributed by atoms with Gasteiger partial charge in [-0.25, -0.2) is 0 Å². The van der Waals surface area contributed by atoms with Crippen LogP contribution in [0.2, 0.25) is 0 Å². The SMILES string of the molecule is CC(C)N1CCC2(CC1)Oc1ccccc1[C@@H]1O[C@@H](C)CC[C@H]12. The number of ether oxygens (including phenoxy) is 2. The van der Waals surface area contributed by atoms with Gasteiger partial charge in [0, 0.05) is 43.5 Å². The van der Waals surface area contributed by atoms with E-state index in [4.69, 9.17) is 9.47 Å². The number of rotatable bonds is 1. The van der Waals surface area contributed by atoms with Crippen LogP contribution in [0.5, 0.6) is 5.75 Å². The van der Waals surface area contributed by atoms with Crippen LogP contribution in [0.4, 0.5) is 0 Å². The van der Waals surface area contributed by atoms with Gasteiger partial charge in [0.05, 0.1) is 12.2 Å². The number of hydrogen-bond donors (Lipinski definition) is 0. The van der Waals surface area contributed by atoms with Gasteiger partial charge >= 0.3 is 0 Å². The number of piperidine rings is 1. The summed E-state index contributed by atoms with van der Waals surface area (Å²) in [5, 5.41) is 0. The molecule has 3 atom stereocenters. The Kier molecular flexibility index (Phi) is 3.89. The number of hydrogen-bond acceptors (Lipinski definition) is 3. The van der Waals surface area contributed by atoms with Crippen LogP contribution in [-0.4, -0.2) is 35.7 Å². The first-order chi connectivity index (χ1) is 11.1. The second-order valence-electron chi connectivity index (χ2n) is 7.89. The van der Waals surface area contributed by atoms with Crippen LogP contribution in [0.25, 0.3) is 0 Å². The van der Waals surface area contributed by atoms with Crippen molar-refractivity contribution in [1.29, 1.82) is 0 Å². The monoisotopic (exact) mass is 315 g/mol. The Bertz CT molecular complexity index is 563. The maximum atomic E-state index is 6.69. The molecule has 126 valence electrons. The van der Waals surface area contributed by atoms with Crippen LogP contribution in [0.3, 0.4) is 0 Å². The second-order valence-corrected chi connectivity index (χ2v) is 7.89. The van der Waals surface area contributed by atoms with Gasteiger partial charge in [-0.3, -0.25) is 0 Å². The van der Waals surface area contributed by atoms with Crippen molar-refractivity contribution in [1.82, 2.24) is 4.90 Å². The van der Waals surface area contributed by atoms with E-state index in [1.54, 1.807) is 0 Å². The topological polar surface area (TPSA) is 21.7 Å². The van der Waals surface area contributed by atoms with Crippen LogP contribution < -0.4 is 4.74 Å². The number of benzene rings is 1. The summed E-state index contributed by atoms with van der Waals surface area (Å²) in [6.45, 7) is 9.08. The summed E-state index contributed by atoms with van der Waals surface area (Å²) in [5.74, 6) is 1.56. The molecule has 0 aromatic heterocycles. The highest BCUT2D eigenvalue weighted by atomic mass is 16.5. The van der Waals surface area contributed by atoms with Gasteiger partial charge in [-0.1, -0.05) is 18.2 Å². The fourth-order valence-electron chi connectivity index (χ4n) is 4.80. The van der Waals surface area contributed by atoms with Crippen molar-refractivity contribution < 1.29 is 9.47 Å². The minimum absolute atomic E-state index is 0.0233. The lowest BCUT2D eigenvalue weighted by atomic mass is 9.69. The van der Waals surface area contributed by atoms with Gasteiger partial charge in [-0.2, -0.15) is 0 Å². The minimum atomic E-state index is -0.0233. The molecule has 0 unspecified atom stereocenters. The van der Waals surface area contributed by atoms with Crippen LogP contribution in [0.1, 0.15) is 58.1 Å². The lowest BCUT2D eigenvalue weighted by Gasteiger charge is -2.54. The van der Waals surface area contributed by atoms with Crippen molar-refractivity contribution in [3.8, 4) is 5.75 Å². The highest BCUT2D eigenvalue weighted by molar-refractivity contribution is 5.39. The van der Waals surface area contributed by atoms with Crippen LogP contribution in [-0.2, 0) is 4.74 Å². The van der Waals surface area contributed by atoms with Crippen LogP contribution in [0.15, 0.2) is 24.3 Å². The molecule has 3 nitrogen and oxygen atoms in total. The zero-order valence-electron chi connectivity index (χ0n) is 14.6. The molecule has 3 aliphatic heterocycles. The van der Waals surface area contributed by atoms with E-state index in [2.05, 4.69) is 49.9 Å². The first-order valence-electron chi connectivity index (χ1n) is 9.26. The van der Waals surface area contributed by atoms with Gasteiger partial charge in [-0.15, -0.1) is 0 Å². The Morgan fingerprint density at radius 1 is 1.13 bits per heavy atom. The zero-order chi connectivity index (χ0) is 16.0. The zero-order valence-corrected chi connectivity index (χ0v) is 14.6. The van der Waals surface area contributed by atoms with Gasteiger partial charge in [0.15, 0.2) is 0 Å². The molecule has 1 aromatic carbocycles. The Morgan fingerprint density at radius 3 is 2.61 bits per heavy atom. The van der Waals surface area contributed by atoms with E-state index in [9.17, 15) is 0 Å². The van der Waals surface area contributed by atoms with E-state index in [0.29, 0.717) is 18.1 Å². The van der Waals surface area contributed by atoms with Crippen molar-refractivity contribution in [3.63, 3.8) is 0 Å². The fourth-order valence-corrected chi connectivity index (χ4v) is 4.80. The molecule has 0 N–H and O–H groups in total. The lowest BCUT2D eigenvalue weighted by molar-refractivity contribution is -0.171. The Balaban J connectivity index is 1.66. The molecule has 0 bridgehead atoms. The van der Waals surface area contributed by atoms with E-state index in [1.165, 1.54) is 12.0 Å². The Hall–Kier alpha value is -1.06. The fraction of sp³-hybridized carbons (Fsp3) is 0.700. The summed E-state index contributed by atoms with van der Waals surface area (Å²) < 4.78 is 13.1. The molecule has 2 fully saturated rings.